The first kappa shape index (κ1) is 13.4. The number of nitrogens with zero attached hydrogens (tertiary/aromatic N) is 1. The second-order valence-corrected chi connectivity index (χ2v) is 4.91. The number of hydrogen-bond acceptors (Lipinski definition) is 3. The Kier molecular flexibility index (Phi) is 3.73. The zero-order valence-corrected chi connectivity index (χ0v) is 11.5. The summed E-state index contributed by atoms with van der Waals surface area (Å²) in [7, 11) is 0. The fourth-order valence-electron chi connectivity index (χ4n) is 2.22. The summed E-state index contributed by atoms with van der Waals surface area (Å²) < 4.78 is 0. The van der Waals surface area contributed by atoms with Gasteiger partial charge >= 0.3 is 0 Å². The van der Waals surface area contributed by atoms with Crippen molar-refractivity contribution in [3.05, 3.63) is 47.7 Å². The average Bonchev–Trinajstić information content (AvgIpc) is 3.02. The molecule has 1 saturated heterocycles. The van der Waals surface area contributed by atoms with Crippen molar-refractivity contribution >= 4 is 5.78 Å². The molecule has 0 amide bonds. The van der Waals surface area contributed by atoms with E-state index in [1.165, 1.54) is 5.56 Å². The fourth-order valence-corrected chi connectivity index (χ4v) is 2.22. The maximum atomic E-state index is 11.5. The third kappa shape index (κ3) is 3.24. The Morgan fingerprint density at radius 2 is 2.11 bits per heavy atom. The Hall–Kier alpha value is -2.05. The Morgan fingerprint density at radius 1 is 1.42 bits per heavy atom. The maximum absolute atomic E-state index is 11.5. The zero-order chi connectivity index (χ0) is 13.9. The highest BCUT2D eigenvalue weighted by molar-refractivity contribution is 6.04. The van der Waals surface area contributed by atoms with Gasteiger partial charge in [0, 0.05) is 18.2 Å². The van der Waals surface area contributed by atoms with Gasteiger partial charge in [-0.1, -0.05) is 36.3 Å². The van der Waals surface area contributed by atoms with Crippen LogP contribution in [0.4, 0.5) is 0 Å². The Labute approximate surface area is 114 Å². The second kappa shape index (κ2) is 5.29. The van der Waals surface area contributed by atoms with Gasteiger partial charge in [0.25, 0.3) is 0 Å². The van der Waals surface area contributed by atoms with Crippen LogP contribution in [0.5, 0.6) is 0 Å². The number of hydrazine groups is 1. The van der Waals surface area contributed by atoms with Gasteiger partial charge in [-0.2, -0.15) is 0 Å². The van der Waals surface area contributed by atoms with Crippen LogP contribution in [0, 0.1) is 11.8 Å². The van der Waals surface area contributed by atoms with Crippen molar-refractivity contribution in [2.75, 3.05) is 0 Å². The largest absolute Gasteiger partial charge is 0.289 e. The molecule has 0 radical (unpaired) electrons. The van der Waals surface area contributed by atoms with E-state index in [-0.39, 0.29) is 11.4 Å². The number of rotatable bonds is 4. The standard InChI is InChI=1S/C16H18N2O/c1-4-8-15(19)11-13(2)18-16(3,17-18)12-14-9-6-5-7-10-14/h5-7,9-11,17H,12H2,1-3H3/b13-11+. The van der Waals surface area contributed by atoms with Crippen molar-refractivity contribution in [3.63, 3.8) is 0 Å². The topological polar surface area (TPSA) is 42.0 Å². The molecule has 1 atom stereocenters. The highest BCUT2D eigenvalue weighted by Gasteiger charge is 2.47. The minimum atomic E-state index is -0.157. The number of allylic oxidation sites excluding steroid dienone is 2. The molecule has 0 bridgehead atoms. The number of carbonyl (C=O) groups excluding carboxylic acids is 1. The third-order valence-electron chi connectivity index (χ3n) is 3.13. The number of ketones is 1. The van der Waals surface area contributed by atoms with Crippen molar-refractivity contribution < 1.29 is 4.79 Å². The molecular formula is C16H18N2O. The maximum Gasteiger partial charge on any atom is 0.230 e. The molecule has 1 fully saturated rings. The van der Waals surface area contributed by atoms with Crippen LogP contribution in [0.2, 0.25) is 0 Å². The molecule has 0 aromatic heterocycles. The molecule has 0 saturated carbocycles. The van der Waals surface area contributed by atoms with Crippen LogP contribution in [0.3, 0.4) is 0 Å². The molecule has 3 nitrogen and oxygen atoms in total. The molecule has 1 unspecified atom stereocenters. The van der Waals surface area contributed by atoms with E-state index >= 15 is 0 Å². The van der Waals surface area contributed by atoms with E-state index in [0.717, 1.165) is 12.1 Å². The van der Waals surface area contributed by atoms with E-state index < -0.39 is 0 Å². The molecule has 1 aromatic carbocycles. The molecule has 98 valence electrons. The van der Waals surface area contributed by atoms with Crippen molar-refractivity contribution in [2.24, 2.45) is 0 Å². The molecule has 3 heteroatoms. The molecular weight excluding hydrogens is 236 g/mol. The highest BCUT2D eigenvalue weighted by atomic mass is 16.1. The van der Waals surface area contributed by atoms with Crippen LogP contribution >= 0.6 is 0 Å². The van der Waals surface area contributed by atoms with E-state index in [1.807, 2.05) is 30.1 Å². The smallest absolute Gasteiger partial charge is 0.230 e. The summed E-state index contributed by atoms with van der Waals surface area (Å²) in [5, 5.41) is 2.01. The van der Waals surface area contributed by atoms with Crippen LogP contribution in [0.1, 0.15) is 26.3 Å². The molecule has 0 spiro atoms. The molecule has 1 aliphatic heterocycles. The van der Waals surface area contributed by atoms with Crippen LogP contribution < -0.4 is 5.43 Å². The van der Waals surface area contributed by atoms with Crippen LogP contribution in [0.25, 0.3) is 0 Å². The Balaban J connectivity index is 2.02. The third-order valence-corrected chi connectivity index (χ3v) is 3.13. The average molecular weight is 254 g/mol. The quantitative estimate of drug-likeness (QED) is 0.388. The predicted molar refractivity (Wildman–Crippen MR) is 75.7 cm³/mol. The number of nitrogens with one attached hydrogen (secondary N) is 1. The van der Waals surface area contributed by atoms with E-state index in [1.54, 1.807) is 13.0 Å². The Morgan fingerprint density at radius 3 is 2.74 bits per heavy atom. The van der Waals surface area contributed by atoms with Gasteiger partial charge in [0.15, 0.2) is 0 Å². The lowest BCUT2D eigenvalue weighted by Gasteiger charge is -2.10. The normalized spacial score (nSPS) is 21.6. The number of carbonyl (C=O) groups is 1. The summed E-state index contributed by atoms with van der Waals surface area (Å²) in [5.74, 6) is 4.97. The Bertz CT molecular complexity index is 565. The van der Waals surface area contributed by atoms with Crippen molar-refractivity contribution in [1.82, 2.24) is 10.4 Å². The fraction of sp³-hybridized carbons (Fsp3) is 0.312. The summed E-state index contributed by atoms with van der Waals surface area (Å²) in [6.07, 6.45) is 2.46. The molecule has 1 aliphatic rings. The lowest BCUT2D eigenvalue weighted by Crippen LogP contribution is -2.17. The van der Waals surface area contributed by atoms with Gasteiger partial charge in [-0.25, -0.2) is 5.43 Å². The first-order chi connectivity index (χ1) is 9.05. The number of hydrogen-bond donors (Lipinski definition) is 1. The molecule has 1 aromatic rings. The molecule has 1 heterocycles. The van der Waals surface area contributed by atoms with Gasteiger partial charge < -0.3 is 0 Å². The predicted octanol–water partition coefficient (Wildman–Crippen LogP) is 2.26. The zero-order valence-electron chi connectivity index (χ0n) is 11.5. The van der Waals surface area contributed by atoms with E-state index in [0.29, 0.717) is 0 Å². The highest BCUT2D eigenvalue weighted by Crippen LogP contribution is 2.32. The second-order valence-electron chi connectivity index (χ2n) is 4.91. The number of benzene rings is 1. The van der Waals surface area contributed by atoms with Crippen LogP contribution in [-0.4, -0.2) is 16.5 Å². The van der Waals surface area contributed by atoms with Crippen molar-refractivity contribution in [2.45, 2.75) is 32.9 Å². The van der Waals surface area contributed by atoms with E-state index in [9.17, 15) is 4.79 Å². The summed E-state index contributed by atoms with van der Waals surface area (Å²) in [5.41, 5.74) is 5.36. The molecule has 19 heavy (non-hydrogen) atoms. The lowest BCUT2D eigenvalue weighted by atomic mass is 10.0. The van der Waals surface area contributed by atoms with Gasteiger partial charge in [-0.05, 0) is 32.3 Å². The van der Waals surface area contributed by atoms with Gasteiger partial charge in [0.2, 0.25) is 5.78 Å². The molecule has 1 N–H and O–H groups in total. The van der Waals surface area contributed by atoms with Gasteiger partial charge in [0.05, 0.1) is 0 Å². The van der Waals surface area contributed by atoms with Crippen molar-refractivity contribution in [1.29, 1.82) is 0 Å². The minimum absolute atomic E-state index is 0.109. The van der Waals surface area contributed by atoms with Crippen molar-refractivity contribution in [3.8, 4) is 11.8 Å². The van der Waals surface area contributed by atoms with Gasteiger partial charge in [-0.15, -0.1) is 0 Å². The van der Waals surface area contributed by atoms with Gasteiger partial charge in [0.1, 0.15) is 5.66 Å². The van der Waals surface area contributed by atoms with Crippen LogP contribution in [0.15, 0.2) is 42.1 Å². The SMILES string of the molecule is CC#CC(=O)/C=C(\C)N1NC1(C)Cc1ccccc1. The summed E-state index contributed by atoms with van der Waals surface area (Å²) >= 11 is 0. The first-order valence-electron chi connectivity index (χ1n) is 6.32. The molecule has 2 rings (SSSR count). The van der Waals surface area contributed by atoms with Crippen LogP contribution in [-0.2, 0) is 11.2 Å². The lowest BCUT2D eigenvalue weighted by molar-refractivity contribution is -0.109. The van der Waals surface area contributed by atoms with Gasteiger partial charge in [-0.3, -0.25) is 9.80 Å². The summed E-state index contributed by atoms with van der Waals surface area (Å²) in [4.78, 5) is 11.5. The summed E-state index contributed by atoms with van der Waals surface area (Å²) in [6, 6.07) is 10.3. The molecule has 0 aliphatic carbocycles. The van der Waals surface area contributed by atoms with E-state index in [4.69, 9.17) is 0 Å². The monoisotopic (exact) mass is 254 g/mol. The summed E-state index contributed by atoms with van der Waals surface area (Å²) in [6.45, 7) is 5.70. The first-order valence-corrected chi connectivity index (χ1v) is 6.32. The minimum Gasteiger partial charge on any atom is -0.289 e. The van der Waals surface area contributed by atoms with E-state index in [2.05, 4.69) is 36.3 Å².